The van der Waals surface area contributed by atoms with Gasteiger partial charge < -0.3 is 10.3 Å². The van der Waals surface area contributed by atoms with E-state index in [2.05, 4.69) is 30.5 Å². The molecule has 1 aromatic carbocycles. The Kier molecular flexibility index (Phi) is 5.95. The quantitative estimate of drug-likeness (QED) is 0.218. The van der Waals surface area contributed by atoms with E-state index in [4.69, 9.17) is 4.98 Å². The van der Waals surface area contributed by atoms with Crippen LogP contribution in [0.3, 0.4) is 0 Å². The molecule has 8 nitrogen and oxygen atoms in total. The van der Waals surface area contributed by atoms with Crippen LogP contribution in [0.5, 0.6) is 0 Å². The van der Waals surface area contributed by atoms with Crippen molar-refractivity contribution in [3.63, 3.8) is 0 Å². The summed E-state index contributed by atoms with van der Waals surface area (Å²) in [5, 5.41) is 10.2. The number of nitrogens with zero attached hydrogens (tertiary/aromatic N) is 4. The molecule has 39 heavy (non-hydrogen) atoms. The van der Waals surface area contributed by atoms with E-state index < -0.39 is 5.82 Å². The number of aromatic amines is 2. The molecule has 0 saturated heterocycles. The number of aromatic nitrogens is 6. The van der Waals surface area contributed by atoms with Crippen LogP contribution in [0.25, 0.3) is 55.2 Å². The number of carbonyl (C=O) groups excluding carboxylic acids is 1. The van der Waals surface area contributed by atoms with Crippen LogP contribution in [0.2, 0.25) is 0 Å². The number of benzene rings is 1. The molecule has 5 aromatic heterocycles. The van der Waals surface area contributed by atoms with E-state index in [1.807, 2.05) is 20.8 Å². The Morgan fingerprint density at radius 3 is 2.67 bits per heavy atom. The minimum absolute atomic E-state index is 0.121. The summed E-state index contributed by atoms with van der Waals surface area (Å²) in [4.78, 5) is 29.7. The lowest BCUT2D eigenvalue weighted by molar-refractivity contribution is -0.117. The molecular weight excluding hydrogens is 520 g/mol. The number of pyridine rings is 2. The molecule has 0 saturated carbocycles. The fourth-order valence-corrected chi connectivity index (χ4v) is 5.18. The summed E-state index contributed by atoms with van der Waals surface area (Å²) in [6.45, 7) is 5.97. The third-order valence-corrected chi connectivity index (χ3v) is 6.98. The van der Waals surface area contributed by atoms with Gasteiger partial charge in [-0.15, -0.1) is 11.3 Å². The van der Waals surface area contributed by atoms with Crippen LogP contribution in [0.4, 0.5) is 14.5 Å². The molecule has 0 spiro atoms. The molecule has 0 bridgehead atoms. The summed E-state index contributed by atoms with van der Waals surface area (Å²) in [5.74, 6) is -0.194. The summed E-state index contributed by atoms with van der Waals surface area (Å²) >= 11 is 0.989. The maximum atomic E-state index is 15.2. The van der Waals surface area contributed by atoms with Crippen LogP contribution in [0, 0.1) is 16.4 Å². The number of carbonyl (C=O) groups is 1. The van der Waals surface area contributed by atoms with E-state index in [-0.39, 0.29) is 22.0 Å². The number of hydrogen-bond donors (Lipinski definition) is 3. The average Bonchev–Trinajstić information content (AvgIpc) is 3.60. The van der Waals surface area contributed by atoms with Gasteiger partial charge in [-0.2, -0.15) is 9.49 Å². The van der Waals surface area contributed by atoms with Gasteiger partial charge >= 0.3 is 0 Å². The van der Waals surface area contributed by atoms with Gasteiger partial charge in [0.15, 0.2) is 16.8 Å². The number of anilines is 1. The van der Waals surface area contributed by atoms with Crippen LogP contribution in [0.1, 0.15) is 27.2 Å². The highest BCUT2D eigenvalue weighted by Crippen LogP contribution is 2.35. The fourth-order valence-electron chi connectivity index (χ4n) is 4.45. The van der Waals surface area contributed by atoms with Crippen molar-refractivity contribution in [2.75, 3.05) is 5.32 Å². The maximum absolute atomic E-state index is 15.2. The number of H-pyrrole nitrogens is 2. The predicted octanol–water partition coefficient (Wildman–Crippen LogP) is 6.94. The predicted molar refractivity (Wildman–Crippen MR) is 148 cm³/mol. The van der Waals surface area contributed by atoms with E-state index in [9.17, 15) is 9.18 Å². The van der Waals surface area contributed by atoms with Gasteiger partial charge in [-0.3, -0.25) is 19.9 Å². The van der Waals surface area contributed by atoms with Gasteiger partial charge in [0.1, 0.15) is 22.4 Å². The van der Waals surface area contributed by atoms with Crippen molar-refractivity contribution in [3.8, 4) is 33.2 Å². The monoisotopic (exact) mass is 543 g/mol. The molecule has 196 valence electrons. The molecule has 3 N–H and O–H groups in total. The van der Waals surface area contributed by atoms with E-state index in [0.717, 1.165) is 11.3 Å². The second-order valence-electron chi connectivity index (χ2n) is 10.4. The van der Waals surface area contributed by atoms with Gasteiger partial charge in [0.2, 0.25) is 5.91 Å². The SMILES string of the molecule is CC(C)(C)CC(=O)Nc1cncc(-c2cc(F)c3n[nH]c(-c4nc5c(-c6ccc(F)s6)nccc5[nH]4)c3c2)c1. The minimum atomic E-state index is -0.514. The molecule has 0 unspecified atom stereocenters. The van der Waals surface area contributed by atoms with Crippen LogP contribution < -0.4 is 5.32 Å². The van der Waals surface area contributed by atoms with Gasteiger partial charge in [-0.05, 0) is 47.4 Å². The lowest BCUT2D eigenvalue weighted by Gasteiger charge is -2.17. The van der Waals surface area contributed by atoms with Crippen molar-refractivity contribution in [1.29, 1.82) is 0 Å². The standard InChI is InChI=1S/C28H23F2N7OS/c1-28(2,3)11-22(38)33-16-8-15(12-31-13-16)14-9-17-23(18(29)10-14)36-37-24(17)27-34-19-6-7-32-26(25(19)35-27)20-4-5-21(30)39-20/h4-10,12-13H,11H2,1-3H3,(H,33,38)(H,34,35)(H,36,37). The van der Waals surface area contributed by atoms with Crippen molar-refractivity contribution >= 4 is 44.9 Å². The van der Waals surface area contributed by atoms with Crippen molar-refractivity contribution in [3.05, 3.63) is 65.9 Å². The van der Waals surface area contributed by atoms with E-state index in [0.29, 0.717) is 61.7 Å². The fraction of sp³-hybridized carbons (Fsp3) is 0.179. The number of halogens is 2. The lowest BCUT2D eigenvalue weighted by Crippen LogP contribution is -2.19. The summed E-state index contributed by atoms with van der Waals surface area (Å²) < 4.78 is 28.9. The zero-order valence-corrected chi connectivity index (χ0v) is 22.1. The van der Waals surface area contributed by atoms with Crippen LogP contribution >= 0.6 is 11.3 Å². The minimum Gasteiger partial charge on any atom is -0.337 e. The van der Waals surface area contributed by atoms with Crippen LogP contribution in [0.15, 0.2) is 55.0 Å². The zero-order chi connectivity index (χ0) is 27.3. The molecule has 6 rings (SSSR count). The number of nitrogens with one attached hydrogen (secondary N) is 3. The van der Waals surface area contributed by atoms with Crippen LogP contribution in [-0.4, -0.2) is 36.0 Å². The van der Waals surface area contributed by atoms with Gasteiger partial charge in [-0.25, -0.2) is 9.37 Å². The Hall–Kier alpha value is -4.51. The third kappa shape index (κ3) is 4.88. The molecule has 11 heteroatoms. The second-order valence-corrected chi connectivity index (χ2v) is 11.5. The summed E-state index contributed by atoms with van der Waals surface area (Å²) in [6.07, 6.45) is 5.15. The number of amides is 1. The molecular formula is C28H23F2N7OS. The number of imidazole rings is 1. The highest BCUT2D eigenvalue weighted by atomic mass is 32.1. The Morgan fingerprint density at radius 1 is 1.05 bits per heavy atom. The average molecular weight is 544 g/mol. The third-order valence-electron chi connectivity index (χ3n) is 6.10. The number of rotatable bonds is 5. The number of thiophene rings is 1. The zero-order valence-electron chi connectivity index (χ0n) is 21.3. The lowest BCUT2D eigenvalue weighted by atomic mass is 9.92. The first-order valence-corrected chi connectivity index (χ1v) is 13.0. The first-order valence-electron chi connectivity index (χ1n) is 12.2. The Labute approximate surface area is 225 Å². The summed E-state index contributed by atoms with van der Waals surface area (Å²) in [7, 11) is 0. The Balaban J connectivity index is 1.39. The van der Waals surface area contributed by atoms with Crippen molar-refractivity contribution in [2.24, 2.45) is 5.41 Å². The molecule has 0 aliphatic carbocycles. The Morgan fingerprint density at radius 2 is 1.90 bits per heavy atom. The van der Waals surface area contributed by atoms with Gasteiger partial charge in [0.05, 0.1) is 22.3 Å². The number of fused-ring (bicyclic) bond motifs is 2. The molecule has 6 aromatic rings. The van der Waals surface area contributed by atoms with Crippen molar-refractivity contribution in [2.45, 2.75) is 27.2 Å². The van der Waals surface area contributed by atoms with E-state index in [1.165, 1.54) is 12.1 Å². The summed E-state index contributed by atoms with van der Waals surface area (Å²) in [6, 6.07) is 9.77. The molecule has 5 heterocycles. The highest BCUT2D eigenvalue weighted by molar-refractivity contribution is 7.13. The van der Waals surface area contributed by atoms with Gasteiger partial charge in [0.25, 0.3) is 0 Å². The molecule has 0 aliphatic rings. The second kappa shape index (κ2) is 9.35. The molecule has 0 atom stereocenters. The largest absolute Gasteiger partial charge is 0.337 e. The van der Waals surface area contributed by atoms with Crippen molar-refractivity contribution in [1.82, 2.24) is 30.1 Å². The smallest absolute Gasteiger partial charge is 0.224 e. The first kappa shape index (κ1) is 24.8. The van der Waals surface area contributed by atoms with Crippen LogP contribution in [-0.2, 0) is 4.79 Å². The van der Waals surface area contributed by atoms with Crippen molar-refractivity contribution < 1.29 is 13.6 Å². The van der Waals surface area contributed by atoms with Gasteiger partial charge in [0, 0.05) is 29.8 Å². The van der Waals surface area contributed by atoms with E-state index >= 15 is 4.39 Å². The summed E-state index contributed by atoms with van der Waals surface area (Å²) in [5.41, 5.74) is 4.04. The van der Waals surface area contributed by atoms with Gasteiger partial charge in [-0.1, -0.05) is 20.8 Å². The highest BCUT2D eigenvalue weighted by Gasteiger charge is 2.20. The number of hydrogen-bond acceptors (Lipinski definition) is 6. The molecule has 0 aliphatic heterocycles. The normalized spacial score (nSPS) is 11.9. The topological polar surface area (TPSA) is 112 Å². The maximum Gasteiger partial charge on any atom is 0.224 e. The first-order chi connectivity index (χ1) is 18.6. The molecule has 0 radical (unpaired) electrons. The molecule has 1 amide bonds. The Bertz CT molecular complexity index is 1870. The molecule has 0 fully saturated rings. The van der Waals surface area contributed by atoms with E-state index in [1.54, 1.807) is 42.9 Å².